The molecule has 0 amide bonds. The maximum Gasteiger partial charge on any atom is 0.107 e. The Labute approximate surface area is 84.0 Å². The third-order valence-electron chi connectivity index (χ3n) is 1.34. The van der Waals surface area contributed by atoms with Crippen molar-refractivity contribution in [3.63, 3.8) is 0 Å². The van der Waals surface area contributed by atoms with Gasteiger partial charge in [0.15, 0.2) is 0 Å². The van der Waals surface area contributed by atoms with Gasteiger partial charge in [0, 0.05) is 11.0 Å². The second-order valence-corrected chi connectivity index (χ2v) is 3.56. The first-order valence-electron chi connectivity index (χ1n) is 3.49. The molecule has 0 aliphatic carbocycles. The van der Waals surface area contributed by atoms with E-state index in [0.29, 0.717) is 11.6 Å². The van der Waals surface area contributed by atoms with Crippen molar-refractivity contribution in [2.24, 2.45) is 0 Å². The van der Waals surface area contributed by atoms with E-state index in [9.17, 15) is 4.39 Å². The zero-order valence-corrected chi connectivity index (χ0v) is 8.62. The summed E-state index contributed by atoms with van der Waals surface area (Å²) in [7, 11) is 0. The molecule has 0 aromatic heterocycles. The van der Waals surface area contributed by atoms with E-state index in [0.717, 1.165) is 10.2 Å². The Bertz CT molecular complexity index is 267. The molecule has 1 nitrogen and oxygen atoms in total. The third kappa shape index (κ3) is 2.64. The Hall–Kier alpha value is -0.280. The van der Waals surface area contributed by atoms with Crippen LogP contribution >= 0.6 is 27.5 Å². The van der Waals surface area contributed by atoms with Crippen LogP contribution in [-0.2, 0) is 0 Å². The fourth-order valence-electron chi connectivity index (χ4n) is 0.815. The zero-order chi connectivity index (χ0) is 8.97. The van der Waals surface area contributed by atoms with Crippen molar-refractivity contribution in [3.05, 3.63) is 27.7 Å². The SMILES string of the molecule is FCCNc1ccc(Br)cc1Cl. The lowest BCUT2D eigenvalue weighted by molar-refractivity contribution is 0.513. The molecule has 66 valence electrons. The molecule has 0 saturated carbocycles. The first-order chi connectivity index (χ1) is 5.74. The van der Waals surface area contributed by atoms with Gasteiger partial charge in [0.2, 0.25) is 0 Å². The largest absolute Gasteiger partial charge is 0.381 e. The predicted octanol–water partition coefficient (Wildman–Crippen LogP) is 3.48. The van der Waals surface area contributed by atoms with E-state index < -0.39 is 6.67 Å². The van der Waals surface area contributed by atoms with E-state index in [4.69, 9.17) is 11.6 Å². The van der Waals surface area contributed by atoms with Crippen LogP contribution in [0.25, 0.3) is 0 Å². The van der Waals surface area contributed by atoms with Gasteiger partial charge in [-0.3, -0.25) is 0 Å². The van der Waals surface area contributed by atoms with E-state index in [1.807, 2.05) is 12.1 Å². The Balaban J connectivity index is 2.72. The van der Waals surface area contributed by atoms with Gasteiger partial charge in [0.05, 0.1) is 10.7 Å². The van der Waals surface area contributed by atoms with E-state index in [-0.39, 0.29) is 0 Å². The highest BCUT2D eigenvalue weighted by molar-refractivity contribution is 9.10. The first kappa shape index (κ1) is 9.81. The summed E-state index contributed by atoms with van der Waals surface area (Å²) in [6, 6.07) is 5.43. The summed E-state index contributed by atoms with van der Waals surface area (Å²) in [5.74, 6) is 0. The van der Waals surface area contributed by atoms with Crippen LogP contribution < -0.4 is 5.32 Å². The van der Waals surface area contributed by atoms with Crippen molar-refractivity contribution in [1.29, 1.82) is 0 Å². The minimum Gasteiger partial charge on any atom is -0.381 e. The Morgan fingerprint density at radius 3 is 2.83 bits per heavy atom. The van der Waals surface area contributed by atoms with Gasteiger partial charge < -0.3 is 5.32 Å². The molecule has 0 aliphatic heterocycles. The number of anilines is 1. The maximum atomic E-state index is 11.8. The molecule has 4 heteroatoms. The minimum absolute atomic E-state index is 0.293. The standard InChI is InChI=1S/C8H8BrClFN/c9-6-1-2-8(7(10)5-6)12-4-3-11/h1-2,5,12H,3-4H2. The number of rotatable bonds is 3. The van der Waals surface area contributed by atoms with Crippen LogP contribution in [0.2, 0.25) is 5.02 Å². The lowest BCUT2D eigenvalue weighted by Crippen LogP contribution is -2.02. The minimum atomic E-state index is -0.396. The Morgan fingerprint density at radius 2 is 2.25 bits per heavy atom. The summed E-state index contributed by atoms with van der Waals surface area (Å²) in [5.41, 5.74) is 0.762. The molecule has 12 heavy (non-hydrogen) atoms. The number of halogens is 3. The molecule has 0 unspecified atom stereocenters. The summed E-state index contributed by atoms with van der Waals surface area (Å²) in [6.07, 6.45) is 0. The Morgan fingerprint density at radius 1 is 1.50 bits per heavy atom. The number of alkyl halides is 1. The van der Waals surface area contributed by atoms with Crippen LogP contribution in [0.3, 0.4) is 0 Å². The quantitative estimate of drug-likeness (QED) is 0.868. The molecule has 1 aromatic rings. The molecular formula is C8H8BrClFN. The maximum absolute atomic E-state index is 11.8. The lowest BCUT2D eigenvalue weighted by Gasteiger charge is -2.05. The average molecular weight is 253 g/mol. The number of hydrogen-bond acceptors (Lipinski definition) is 1. The second-order valence-electron chi connectivity index (χ2n) is 2.24. The monoisotopic (exact) mass is 251 g/mol. The number of nitrogens with one attached hydrogen (secondary N) is 1. The van der Waals surface area contributed by atoms with Gasteiger partial charge in [-0.2, -0.15) is 0 Å². The van der Waals surface area contributed by atoms with E-state index in [2.05, 4.69) is 21.2 Å². The fraction of sp³-hybridized carbons (Fsp3) is 0.250. The average Bonchev–Trinajstić information content (AvgIpc) is 2.03. The molecule has 0 radical (unpaired) electrons. The van der Waals surface area contributed by atoms with Crippen molar-refractivity contribution in [3.8, 4) is 0 Å². The molecule has 0 aliphatic rings. The summed E-state index contributed by atoms with van der Waals surface area (Å²) in [5, 5.41) is 3.46. The molecule has 0 saturated heterocycles. The molecule has 0 atom stereocenters. The predicted molar refractivity (Wildman–Crippen MR) is 53.6 cm³/mol. The fourth-order valence-corrected chi connectivity index (χ4v) is 1.55. The van der Waals surface area contributed by atoms with E-state index in [1.54, 1.807) is 6.07 Å². The number of hydrogen-bond donors (Lipinski definition) is 1. The van der Waals surface area contributed by atoms with Gasteiger partial charge in [0.25, 0.3) is 0 Å². The highest BCUT2D eigenvalue weighted by atomic mass is 79.9. The van der Waals surface area contributed by atoms with Crippen LogP contribution in [0.15, 0.2) is 22.7 Å². The highest BCUT2D eigenvalue weighted by Crippen LogP contribution is 2.25. The lowest BCUT2D eigenvalue weighted by atomic mass is 10.3. The summed E-state index contributed by atoms with van der Waals surface area (Å²) in [6.45, 7) is -0.103. The molecule has 0 heterocycles. The summed E-state index contributed by atoms with van der Waals surface area (Å²) in [4.78, 5) is 0. The van der Waals surface area contributed by atoms with Gasteiger partial charge >= 0.3 is 0 Å². The molecule has 0 bridgehead atoms. The zero-order valence-electron chi connectivity index (χ0n) is 6.28. The first-order valence-corrected chi connectivity index (χ1v) is 4.66. The summed E-state index contributed by atoms with van der Waals surface area (Å²) >= 11 is 9.13. The highest BCUT2D eigenvalue weighted by Gasteiger charge is 1.98. The smallest absolute Gasteiger partial charge is 0.107 e. The molecule has 0 spiro atoms. The van der Waals surface area contributed by atoms with Crippen LogP contribution in [0, 0.1) is 0 Å². The third-order valence-corrected chi connectivity index (χ3v) is 2.15. The van der Waals surface area contributed by atoms with Gasteiger partial charge in [-0.1, -0.05) is 27.5 Å². The normalized spacial score (nSPS) is 9.92. The molecular weight excluding hydrogens is 244 g/mol. The van der Waals surface area contributed by atoms with Gasteiger partial charge in [-0.25, -0.2) is 4.39 Å². The van der Waals surface area contributed by atoms with Crippen molar-refractivity contribution < 1.29 is 4.39 Å². The van der Waals surface area contributed by atoms with Crippen LogP contribution in [-0.4, -0.2) is 13.2 Å². The van der Waals surface area contributed by atoms with Crippen molar-refractivity contribution in [1.82, 2.24) is 0 Å². The molecule has 1 rings (SSSR count). The second kappa shape index (κ2) is 4.67. The van der Waals surface area contributed by atoms with E-state index >= 15 is 0 Å². The van der Waals surface area contributed by atoms with Crippen molar-refractivity contribution >= 4 is 33.2 Å². The topological polar surface area (TPSA) is 12.0 Å². The van der Waals surface area contributed by atoms with Crippen LogP contribution in [0.1, 0.15) is 0 Å². The molecule has 1 N–H and O–H groups in total. The van der Waals surface area contributed by atoms with Gasteiger partial charge in [-0.05, 0) is 18.2 Å². The van der Waals surface area contributed by atoms with E-state index in [1.165, 1.54) is 0 Å². The Kier molecular flexibility index (Phi) is 3.82. The molecule has 0 fully saturated rings. The molecule has 1 aromatic carbocycles. The summed E-state index contributed by atoms with van der Waals surface area (Å²) < 4.78 is 12.7. The van der Waals surface area contributed by atoms with Crippen LogP contribution in [0.5, 0.6) is 0 Å². The van der Waals surface area contributed by atoms with Crippen molar-refractivity contribution in [2.75, 3.05) is 18.5 Å². The van der Waals surface area contributed by atoms with Gasteiger partial charge in [0.1, 0.15) is 6.67 Å². The van der Waals surface area contributed by atoms with Gasteiger partial charge in [-0.15, -0.1) is 0 Å². The van der Waals surface area contributed by atoms with Crippen molar-refractivity contribution in [2.45, 2.75) is 0 Å². The van der Waals surface area contributed by atoms with Crippen LogP contribution in [0.4, 0.5) is 10.1 Å². The number of benzene rings is 1.